The van der Waals surface area contributed by atoms with Crippen LogP contribution in [0.2, 0.25) is 0 Å². The summed E-state index contributed by atoms with van der Waals surface area (Å²) >= 11 is 0. The Bertz CT molecular complexity index is 555. The van der Waals surface area contributed by atoms with Gasteiger partial charge < -0.3 is 0 Å². The molecule has 0 heterocycles. The van der Waals surface area contributed by atoms with Gasteiger partial charge in [0.15, 0.2) is 0 Å². The van der Waals surface area contributed by atoms with Crippen LogP contribution in [0, 0.1) is 41.5 Å². The van der Waals surface area contributed by atoms with Crippen molar-refractivity contribution in [2.45, 2.75) is 161 Å². The van der Waals surface area contributed by atoms with Gasteiger partial charge >= 0.3 is 0 Å². The molecule has 0 nitrogen and oxygen atoms in total. The maximum atomic E-state index is 3.00. The molecule has 0 aliphatic rings. The Morgan fingerprint density at radius 3 is 0.800 bits per heavy atom. The van der Waals surface area contributed by atoms with Crippen molar-refractivity contribution < 1.29 is 0 Å². The summed E-state index contributed by atoms with van der Waals surface area (Å²) in [6.45, 7) is 43.6. The molecular weight excluding hydrogens is 420 g/mol. The fourth-order valence-electron chi connectivity index (χ4n) is 2.55. The third-order valence-electron chi connectivity index (χ3n) is 4.09. The molecule has 0 aromatic heterocycles. The van der Waals surface area contributed by atoms with Crippen LogP contribution in [-0.4, -0.2) is 0 Å². The molecule has 0 N–H and O–H groups in total. The smallest absolute Gasteiger partial charge is 0.0120 e. The van der Waals surface area contributed by atoms with Crippen molar-refractivity contribution in [3.63, 3.8) is 0 Å². The van der Waals surface area contributed by atoms with Crippen LogP contribution in [0.1, 0.15) is 153 Å². The highest BCUT2D eigenvalue weighted by molar-refractivity contribution is 5.92. The number of hydrogen-bond acceptors (Lipinski definition) is 0. The van der Waals surface area contributed by atoms with E-state index < -0.39 is 0 Å². The van der Waals surface area contributed by atoms with E-state index >= 15 is 0 Å². The van der Waals surface area contributed by atoms with E-state index in [4.69, 9.17) is 0 Å². The van der Waals surface area contributed by atoms with Gasteiger partial charge in [-0.3, -0.25) is 0 Å². The molecule has 2 rings (SSSR count). The fraction of sp³-hybridized carbons (Fsp3) is 0.657. The zero-order chi connectivity index (χ0) is 26.7. The van der Waals surface area contributed by atoms with Gasteiger partial charge in [0.25, 0.3) is 0 Å². The summed E-state index contributed by atoms with van der Waals surface area (Å²) in [5, 5.41) is 2.84. The predicted octanol–water partition coefficient (Wildman–Crippen LogP) is 14.6. The largest absolute Gasteiger partial charge is 0.106 e. The van der Waals surface area contributed by atoms with Gasteiger partial charge in [-0.2, -0.15) is 0 Å². The Morgan fingerprint density at radius 2 is 0.629 bits per heavy atom. The minimum absolute atomic E-state index is 0. The lowest BCUT2D eigenvalue weighted by Gasteiger charge is -2.15. The summed E-state index contributed by atoms with van der Waals surface area (Å²) in [6, 6.07) is 4.63. The first-order valence-electron chi connectivity index (χ1n) is 12.8. The van der Waals surface area contributed by atoms with Gasteiger partial charge in [0.05, 0.1) is 0 Å². The minimum Gasteiger partial charge on any atom is -0.106 e. The average molecular weight is 499 g/mol. The minimum atomic E-state index is 0. The Kier molecular flexibility index (Phi) is 90.7. The molecule has 0 saturated heterocycles. The number of fused-ring (bicyclic) bond motifs is 1. The zero-order valence-electron chi connectivity index (χ0n) is 25.3. The maximum Gasteiger partial charge on any atom is -0.0120 e. The van der Waals surface area contributed by atoms with Crippen LogP contribution >= 0.6 is 0 Å². The Balaban J connectivity index is -0.0000000356. The molecule has 35 heavy (non-hydrogen) atoms. The van der Waals surface area contributed by atoms with Crippen LogP contribution in [0.4, 0.5) is 0 Å². The number of hydrogen-bond donors (Lipinski definition) is 0. The van der Waals surface area contributed by atoms with Crippen LogP contribution in [0.15, 0.2) is 25.3 Å². The van der Waals surface area contributed by atoms with Gasteiger partial charge in [-0.15, -0.1) is 13.2 Å². The molecule has 0 amide bonds. The van der Waals surface area contributed by atoms with Gasteiger partial charge in [0.1, 0.15) is 0 Å². The monoisotopic (exact) mass is 499 g/mol. The highest BCUT2D eigenvalue weighted by Gasteiger charge is 2.09. The summed E-state index contributed by atoms with van der Waals surface area (Å²) in [5.74, 6) is 0. The average Bonchev–Trinajstić information content (AvgIpc) is 2.84. The third kappa shape index (κ3) is 25.3. The van der Waals surface area contributed by atoms with Gasteiger partial charge in [-0.1, -0.05) is 131 Å². The fourth-order valence-corrected chi connectivity index (χ4v) is 2.55. The zero-order valence-corrected chi connectivity index (χ0v) is 25.3. The van der Waals surface area contributed by atoms with Gasteiger partial charge in [0, 0.05) is 0 Å². The first-order chi connectivity index (χ1) is 14.8. The van der Waals surface area contributed by atoms with Gasteiger partial charge in [0.2, 0.25) is 0 Å². The van der Waals surface area contributed by atoms with E-state index in [1.807, 2.05) is 69.2 Å². The standard InChI is InChI=1S/C16H20.C3H8.5C2H6.C2H4.4CH4/c1-9-7-15-8-10(2)12(4)14(6)16(15)13(5)11(9)3;1-3-2;6*1-2;;;;/h7-8H,1-6H3;3H2,1-2H3;5*1-2H3;1-2H2;4*1H4. The lowest BCUT2D eigenvalue weighted by atomic mass is 9.90. The van der Waals surface area contributed by atoms with Crippen molar-refractivity contribution in [1.29, 1.82) is 0 Å². The number of aryl methyl sites for hydroxylation is 4. The van der Waals surface area contributed by atoms with Crippen LogP contribution < -0.4 is 0 Å². The molecule has 0 radical (unpaired) electrons. The second-order valence-electron chi connectivity index (χ2n) is 5.69. The molecule has 0 aliphatic heterocycles. The van der Waals surface area contributed by atoms with Gasteiger partial charge in [-0.05, 0) is 85.7 Å². The van der Waals surface area contributed by atoms with Crippen molar-refractivity contribution >= 4 is 10.8 Å². The van der Waals surface area contributed by atoms with E-state index in [2.05, 4.69) is 80.7 Å². The molecule has 2 aromatic carbocycles. The molecule has 218 valence electrons. The summed E-state index contributed by atoms with van der Waals surface area (Å²) in [6.07, 6.45) is 1.25. The molecule has 0 heteroatoms. The molecule has 0 bridgehead atoms. The van der Waals surface area contributed by atoms with Crippen LogP contribution in [0.25, 0.3) is 10.8 Å². The van der Waals surface area contributed by atoms with E-state index in [0.29, 0.717) is 0 Å². The Morgan fingerprint density at radius 1 is 0.457 bits per heavy atom. The van der Waals surface area contributed by atoms with E-state index in [9.17, 15) is 0 Å². The highest BCUT2D eigenvalue weighted by atomic mass is 14.1. The van der Waals surface area contributed by atoms with Crippen molar-refractivity contribution in [3.8, 4) is 0 Å². The van der Waals surface area contributed by atoms with E-state index in [0.717, 1.165) is 0 Å². The van der Waals surface area contributed by atoms with Crippen LogP contribution in [0.5, 0.6) is 0 Å². The van der Waals surface area contributed by atoms with E-state index in [1.165, 1.54) is 50.6 Å². The molecule has 0 saturated carbocycles. The predicted molar refractivity (Wildman–Crippen MR) is 183 cm³/mol. The topological polar surface area (TPSA) is 0 Å². The quantitative estimate of drug-likeness (QED) is 0.317. The Hall–Kier alpha value is -1.56. The van der Waals surface area contributed by atoms with Gasteiger partial charge in [-0.25, -0.2) is 0 Å². The summed E-state index contributed by atoms with van der Waals surface area (Å²) in [5.41, 5.74) is 8.53. The summed E-state index contributed by atoms with van der Waals surface area (Å²) in [7, 11) is 0. The molecule has 0 aliphatic carbocycles. The highest BCUT2D eigenvalue weighted by Crippen LogP contribution is 2.30. The summed E-state index contributed by atoms with van der Waals surface area (Å²) < 4.78 is 0. The van der Waals surface area contributed by atoms with E-state index in [1.54, 1.807) is 0 Å². The molecule has 0 atom stereocenters. The normalized spacial score (nSPS) is 6.57. The van der Waals surface area contributed by atoms with E-state index in [-0.39, 0.29) is 29.7 Å². The molecule has 0 fully saturated rings. The molecule has 0 spiro atoms. The van der Waals surface area contributed by atoms with Crippen molar-refractivity contribution in [3.05, 3.63) is 58.7 Å². The van der Waals surface area contributed by atoms with Crippen LogP contribution in [0.3, 0.4) is 0 Å². The summed E-state index contributed by atoms with van der Waals surface area (Å²) in [4.78, 5) is 0. The lowest BCUT2D eigenvalue weighted by molar-refractivity contribution is 1.09. The first-order valence-corrected chi connectivity index (χ1v) is 12.8. The van der Waals surface area contributed by atoms with Crippen molar-refractivity contribution in [2.24, 2.45) is 0 Å². The molecule has 0 unspecified atom stereocenters. The number of benzene rings is 2. The van der Waals surface area contributed by atoms with Crippen molar-refractivity contribution in [1.82, 2.24) is 0 Å². The maximum absolute atomic E-state index is 3.00. The third-order valence-corrected chi connectivity index (χ3v) is 4.09. The SMILES string of the molecule is C.C.C.C.C=C.CC.CC.CC.CC.CC.CCC.Cc1cc2cc(C)c(C)c(C)c2c(C)c1C. The molecule has 2 aromatic rings. The van der Waals surface area contributed by atoms with Crippen molar-refractivity contribution in [2.75, 3.05) is 0 Å². The second kappa shape index (κ2) is 49.5. The Labute approximate surface area is 230 Å². The lowest BCUT2D eigenvalue weighted by Crippen LogP contribution is -1.95. The second-order valence-corrected chi connectivity index (χ2v) is 5.69. The molecular formula is C35H78. The first kappa shape index (κ1) is 64.0. The number of rotatable bonds is 0. The van der Waals surface area contributed by atoms with Crippen LogP contribution in [-0.2, 0) is 0 Å².